The van der Waals surface area contributed by atoms with E-state index in [9.17, 15) is 4.79 Å². The highest BCUT2D eigenvalue weighted by Gasteiger charge is 2.09. The molecule has 0 saturated heterocycles. The summed E-state index contributed by atoms with van der Waals surface area (Å²) in [5.74, 6) is -0.133. The van der Waals surface area contributed by atoms with Crippen LogP contribution in [0.4, 0.5) is 5.69 Å². The Hall–Kier alpha value is -1.55. The second-order valence-electron chi connectivity index (χ2n) is 5.19. The molecule has 0 aliphatic rings. The zero-order valence-corrected chi connectivity index (χ0v) is 14.0. The normalized spacial score (nSPS) is 12.0. The van der Waals surface area contributed by atoms with Gasteiger partial charge in [0.05, 0.1) is 17.3 Å². The van der Waals surface area contributed by atoms with E-state index in [2.05, 4.69) is 10.6 Å². The average Bonchev–Trinajstić information content (AvgIpc) is 2.48. The highest BCUT2D eigenvalue weighted by molar-refractivity contribution is 6.33. The number of anilines is 1. The standard InChI is InChI=1S/C17H18Cl2N2O/c1-11-3-8-16(15(19)9-11)21-17(22)10-20-12(2)13-4-6-14(18)7-5-13/h3-9,12,20H,10H2,1-2H3,(H,21,22)/t12-/m0/s1. The van der Waals surface area contributed by atoms with Gasteiger partial charge in [-0.15, -0.1) is 0 Å². The lowest BCUT2D eigenvalue weighted by molar-refractivity contribution is -0.115. The summed E-state index contributed by atoms with van der Waals surface area (Å²) in [4.78, 5) is 12.0. The number of rotatable bonds is 5. The first kappa shape index (κ1) is 16.8. The molecule has 0 saturated carbocycles. The zero-order chi connectivity index (χ0) is 16.1. The van der Waals surface area contributed by atoms with Gasteiger partial charge in [0.25, 0.3) is 0 Å². The second-order valence-corrected chi connectivity index (χ2v) is 6.03. The van der Waals surface area contributed by atoms with Crippen molar-refractivity contribution in [2.75, 3.05) is 11.9 Å². The van der Waals surface area contributed by atoms with Gasteiger partial charge in [-0.05, 0) is 49.2 Å². The third-order valence-electron chi connectivity index (χ3n) is 3.34. The molecule has 0 fully saturated rings. The van der Waals surface area contributed by atoms with Crippen LogP contribution >= 0.6 is 23.2 Å². The van der Waals surface area contributed by atoms with Gasteiger partial charge in [0.2, 0.25) is 5.91 Å². The average molecular weight is 337 g/mol. The molecule has 0 aliphatic carbocycles. The first-order valence-corrected chi connectivity index (χ1v) is 7.76. The van der Waals surface area contributed by atoms with E-state index in [-0.39, 0.29) is 18.5 Å². The molecule has 0 unspecified atom stereocenters. The number of hydrogen-bond donors (Lipinski definition) is 2. The molecule has 0 aromatic heterocycles. The summed E-state index contributed by atoms with van der Waals surface area (Å²) in [5, 5.41) is 7.21. The van der Waals surface area contributed by atoms with Crippen molar-refractivity contribution in [1.29, 1.82) is 0 Å². The number of nitrogens with one attached hydrogen (secondary N) is 2. The maximum atomic E-state index is 12.0. The van der Waals surface area contributed by atoms with Crippen molar-refractivity contribution in [3.8, 4) is 0 Å². The molecule has 0 spiro atoms. The molecule has 1 atom stereocenters. The fourth-order valence-electron chi connectivity index (χ4n) is 2.03. The fraction of sp³-hybridized carbons (Fsp3) is 0.235. The minimum Gasteiger partial charge on any atom is -0.324 e. The second kappa shape index (κ2) is 7.63. The number of carbonyl (C=O) groups is 1. The molecular weight excluding hydrogens is 319 g/mol. The topological polar surface area (TPSA) is 41.1 Å². The van der Waals surface area contributed by atoms with Crippen molar-refractivity contribution in [2.24, 2.45) is 0 Å². The van der Waals surface area contributed by atoms with Gasteiger partial charge < -0.3 is 10.6 Å². The first-order valence-electron chi connectivity index (χ1n) is 7.00. The number of carbonyl (C=O) groups excluding carboxylic acids is 1. The molecule has 0 bridgehead atoms. The lowest BCUT2D eigenvalue weighted by Crippen LogP contribution is -2.30. The quantitative estimate of drug-likeness (QED) is 0.838. The van der Waals surface area contributed by atoms with E-state index in [1.165, 1.54) is 0 Å². The molecule has 0 heterocycles. The van der Waals surface area contributed by atoms with Gasteiger partial charge in [-0.25, -0.2) is 0 Å². The van der Waals surface area contributed by atoms with Gasteiger partial charge in [-0.2, -0.15) is 0 Å². The van der Waals surface area contributed by atoms with Crippen molar-refractivity contribution >= 4 is 34.8 Å². The first-order chi connectivity index (χ1) is 10.5. The molecule has 3 nitrogen and oxygen atoms in total. The number of halogens is 2. The number of aryl methyl sites for hydroxylation is 1. The van der Waals surface area contributed by atoms with Crippen LogP contribution in [-0.2, 0) is 4.79 Å². The van der Waals surface area contributed by atoms with Crippen LogP contribution in [0.1, 0.15) is 24.1 Å². The Labute approximate surface area is 140 Å². The van der Waals surface area contributed by atoms with Gasteiger partial charge >= 0.3 is 0 Å². The Morgan fingerprint density at radius 1 is 1.14 bits per heavy atom. The zero-order valence-electron chi connectivity index (χ0n) is 12.5. The van der Waals surface area contributed by atoms with Crippen LogP contribution in [0.2, 0.25) is 10.0 Å². The summed E-state index contributed by atoms with van der Waals surface area (Å²) in [6.07, 6.45) is 0. The maximum Gasteiger partial charge on any atom is 0.238 e. The highest BCUT2D eigenvalue weighted by atomic mass is 35.5. The van der Waals surface area contributed by atoms with E-state index in [4.69, 9.17) is 23.2 Å². The van der Waals surface area contributed by atoms with Gasteiger partial charge in [0.15, 0.2) is 0 Å². The fourth-order valence-corrected chi connectivity index (χ4v) is 2.44. The monoisotopic (exact) mass is 336 g/mol. The van der Waals surface area contributed by atoms with Crippen LogP contribution in [-0.4, -0.2) is 12.5 Å². The maximum absolute atomic E-state index is 12.0. The molecule has 2 aromatic rings. The highest BCUT2D eigenvalue weighted by Crippen LogP contribution is 2.22. The molecule has 2 rings (SSSR count). The van der Waals surface area contributed by atoms with Crippen LogP contribution in [0.3, 0.4) is 0 Å². The molecule has 0 radical (unpaired) electrons. The molecule has 2 aromatic carbocycles. The molecule has 1 amide bonds. The predicted molar refractivity (Wildman–Crippen MR) is 92.7 cm³/mol. The molecule has 116 valence electrons. The van der Waals surface area contributed by atoms with Gasteiger partial charge in [-0.3, -0.25) is 4.79 Å². The van der Waals surface area contributed by atoms with Crippen molar-refractivity contribution in [3.63, 3.8) is 0 Å². The summed E-state index contributed by atoms with van der Waals surface area (Å²) >= 11 is 12.0. The van der Waals surface area contributed by atoms with Crippen LogP contribution in [0.15, 0.2) is 42.5 Å². The third kappa shape index (κ3) is 4.73. The summed E-state index contributed by atoms with van der Waals surface area (Å²) < 4.78 is 0. The predicted octanol–water partition coefficient (Wildman–Crippen LogP) is 4.59. The van der Waals surface area contributed by atoms with E-state index in [1.54, 1.807) is 6.07 Å². The summed E-state index contributed by atoms with van der Waals surface area (Å²) in [5.41, 5.74) is 2.75. The molecule has 0 aliphatic heterocycles. The minimum absolute atomic E-state index is 0.0523. The Kier molecular flexibility index (Phi) is 5.83. The van der Waals surface area contributed by atoms with Gasteiger partial charge in [0, 0.05) is 11.1 Å². The summed E-state index contributed by atoms with van der Waals surface area (Å²) in [7, 11) is 0. The van der Waals surface area contributed by atoms with E-state index < -0.39 is 0 Å². The van der Waals surface area contributed by atoms with Crippen LogP contribution in [0.5, 0.6) is 0 Å². The summed E-state index contributed by atoms with van der Waals surface area (Å²) in [6, 6.07) is 13.1. The van der Waals surface area contributed by atoms with Crippen molar-refractivity contribution in [2.45, 2.75) is 19.9 Å². The van der Waals surface area contributed by atoms with Gasteiger partial charge in [-0.1, -0.05) is 41.4 Å². The van der Waals surface area contributed by atoms with E-state index in [1.807, 2.05) is 50.2 Å². The van der Waals surface area contributed by atoms with Crippen molar-refractivity contribution in [1.82, 2.24) is 5.32 Å². The van der Waals surface area contributed by atoms with Crippen molar-refractivity contribution in [3.05, 3.63) is 63.6 Å². The molecule has 5 heteroatoms. The van der Waals surface area contributed by atoms with E-state index in [0.717, 1.165) is 11.1 Å². The Balaban J connectivity index is 1.88. The van der Waals surface area contributed by atoms with Gasteiger partial charge in [0.1, 0.15) is 0 Å². The largest absolute Gasteiger partial charge is 0.324 e. The van der Waals surface area contributed by atoms with Crippen LogP contribution in [0, 0.1) is 6.92 Å². The smallest absolute Gasteiger partial charge is 0.238 e. The number of hydrogen-bond acceptors (Lipinski definition) is 2. The van der Waals surface area contributed by atoms with Crippen LogP contribution < -0.4 is 10.6 Å². The Bertz CT molecular complexity index is 656. The lowest BCUT2D eigenvalue weighted by atomic mass is 10.1. The number of benzene rings is 2. The molecular formula is C17H18Cl2N2O. The Morgan fingerprint density at radius 3 is 2.45 bits per heavy atom. The molecule has 2 N–H and O–H groups in total. The Morgan fingerprint density at radius 2 is 1.82 bits per heavy atom. The minimum atomic E-state index is -0.133. The summed E-state index contributed by atoms with van der Waals surface area (Å²) in [6.45, 7) is 4.15. The van der Waals surface area contributed by atoms with E-state index >= 15 is 0 Å². The number of amides is 1. The van der Waals surface area contributed by atoms with Crippen molar-refractivity contribution < 1.29 is 4.79 Å². The van der Waals surface area contributed by atoms with E-state index in [0.29, 0.717) is 15.7 Å². The molecule has 22 heavy (non-hydrogen) atoms. The SMILES string of the molecule is Cc1ccc(NC(=O)CN[C@@H](C)c2ccc(Cl)cc2)c(Cl)c1. The lowest BCUT2D eigenvalue weighted by Gasteiger charge is -2.14. The van der Waals surface area contributed by atoms with Crippen LogP contribution in [0.25, 0.3) is 0 Å². The third-order valence-corrected chi connectivity index (χ3v) is 3.90.